The van der Waals surface area contributed by atoms with E-state index in [2.05, 4.69) is 15.4 Å². The lowest BCUT2D eigenvalue weighted by Crippen LogP contribution is -2.47. The fourth-order valence-electron chi connectivity index (χ4n) is 3.53. The first kappa shape index (κ1) is 20.2. The van der Waals surface area contributed by atoms with Crippen molar-refractivity contribution in [3.05, 3.63) is 78.2 Å². The van der Waals surface area contributed by atoms with E-state index >= 15 is 0 Å². The molecule has 0 spiro atoms. The van der Waals surface area contributed by atoms with Gasteiger partial charge in [0.25, 0.3) is 0 Å². The van der Waals surface area contributed by atoms with Crippen molar-refractivity contribution in [3.8, 4) is 5.82 Å². The Labute approximate surface area is 175 Å². The Morgan fingerprint density at radius 2 is 1.83 bits per heavy atom. The van der Waals surface area contributed by atoms with Gasteiger partial charge in [-0.1, -0.05) is 30.3 Å². The second kappa shape index (κ2) is 8.76. The Hall–Kier alpha value is -3.04. The Kier molecular flexibility index (Phi) is 5.91. The minimum atomic E-state index is -3.03. The van der Waals surface area contributed by atoms with Crippen LogP contribution >= 0.6 is 0 Å². The van der Waals surface area contributed by atoms with Crippen LogP contribution in [-0.4, -0.2) is 58.6 Å². The topological polar surface area (TPSA) is 97.2 Å². The zero-order chi connectivity index (χ0) is 21.0. The maximum absolute atomic E-state index is 13.2. The van der Waals surface area contributed by atoms with Crippen LogP contribution in [-0.2, 0) is 21.2 Å². The first-order chi connectivity index (χ1) is 14.5. The van der Waals surface area contributed by atoms with Crippen molar-refractivity contribution in [2.24, 2.45) is 0 Å². The highest BCUT2D eigenvalue weighted by Gasteiger charge is 2.32. The molecule has 1 unspecified atom stereocenters. The molecule has 1 aromatic carbocycles. The van der Waals surface area contributed by atoms with Crippen LogP contribution in [0, 0.1) is 0 Å². The number of nitrogens with one attached hydrogen (secondary N) is 1. The van der Waals surface area contributed by atoms with E-state index < -0.39 is 15.9 Å². The van der Waals surface area contributed by atoms with Gasteiger partial charge in [-0.05, 0) is 29.3 Å². The first-order valence-corrected chi connectivity index (χ1v) is 11.6. The fraction of sp³-hybridized carbons (Fsp3) is 0.286. The number of hydrogen-bond acceptors (Lipinski definition) is 6. The molecule has 1 N–H and O–H groups in total. The summed E-state index contributed by atoms with van der Waals surface area (Å²) in [6.45, 7) is 1.02. The molecule has 0 saturated carbocycles. The molecule has 1 saturated heterocycles. The number of pyridine rings is 1. The number of hydrogen-bond donors (Lipinski definition) is 1. The van der Waals surface area contributed by atoms with Crippen molar-refractivity contribution >= 4 is 15.7 Å². The van der Waals surface area contributed by atoms with Crippen LogP contribution in [0.2, 0.25) is 0 Å². The summed E-state index contributed by atoms with van der Waals surface area (Å²) in [5.74, 6) is 0.660. The highest BCUT2D eigenvalue weighted by molar-refractivity contribution is 7.91. The molecule has 0 bridgehead atoms. The monoisotopic (exact) mass is 425 g/mol. The Morgan fingerprint density at radius 1 is 1.07 bits per heavy atom. The standard InChI is InChI=1S/C21H23N5O3S/c27-21(23-16-17-7-9-22-19(15-17)26-10-4-8-24-26)20(18-5-2-1-3-6-18)25-11-13-30(28,29)14-12-25/h1-10,15,20H,11-14,16H2,(H,23,27). The Bertz CT molecular complexity index is 1090. The summed E-state index contributed by atoms with van der Waals surface area (Å²) in [6, 6.07) is 14.5. The minimum absolute atomic E-state index is 0.0706. The number of sulfone groups is 1. The Morgan fingerprint density at radius 3 is 2.53 bits per heavy atom. The molecule has 3 heterocycles. The van der Waals surface area contributed by atoms with E-state index in [4.69, 9.17) is 0 Å². The summed E-state index contributed by atoms with van der Waals surface area (Å²) < 4.78 is 25.3. The molecule has 0 radical (unpaired) electrons. The predicted octanol–water partition coefficient (Wildman–Crippen LogP) is 1.36. The first-order valence-electron chi connectivity index (χ1n) is 9.74. The lowest BCUT2D eigenvalue weighted by atomic mass is 10.0. The van der Waals surface area contributed by atoms with E-state index in [0.29, 0.717) is 25.5 Å². The van der Waals surface area contributed by atoms with E-state index in [1.54, 1.807) is 23.3 Å². The molecular formula is C21H23N5O3S. The number of carbonyl (C=O) groups excluding carboxylic acids is 1. The number of benzene rings is 1. The largest absolute Gasteiger partial charge is 0.350 e. The third kappa shape index (κ3) is 4.74. The van der Waals surface area contributed by atoms with Crippen LogP contribution in [0.4, 0.5) is 0 Å². The molecule has 2 aromatic heterocycles. The molecular weight excluding hydrogens is 402 g/mol. The van der Waals surface area contributed by atoms with Gasteiger partial charge in [-0.15, -0.1) is 0 Å². The summed E-state index contributed by atoms with van der Waals surface area (Å²) in [7, 11) is -3.03. The molecule has 3 aromatic rings. The molecule has 9 heteroatoms. The van der Waals surface area contributed by atoms with Crippen LogP contribution in [0.15, 0.2) is 67.1 Å². The van der Waals surface area contributed by atoms with Crippen molar-refractivity contribution in [1.82, 2.24) is 25.0 Å². The summed E-state index contributed by atoms with van der Waals surface area (Å²) in [6.07, 6.45) is 5.17. The molecule has 8 nitrogen and oxygen atoms in total. The maximum Gasteiger partial charge on any atom is 0.242 e. The van der Waals surface area contributed by atoms with Gasteiger partial charge in [-0.3, -0.25) is 9.69 Å². The number of aromatic nitrogens is 3. The van der Waals surface area contributed by atoms with Crippen molar-refractivity contribution in [2.75, 3.05) is 24.6 Å². The normalized spacial score (nSPS) is 17.3. The third-order valence-corrected chi connectivity index (χ3v) is 6.73. The molecule has 1 aliphatic heterocycles. The molecule has 156 valence electrons. The lowest BCUT2D eigenvalue weighted by Gasteiger charge is -2.33. The highest BCUT2D eigenvalue weighted by Crippen LogP contribution is 2.23. The average molecular weight is 426 g/mol. The summed E-state index contributed by atoms with van der Waals surface area (Å²) in [5.41, 5.74) is 1.75. The minimum Gasteiger partial charge on any atom is -0.350 e. The van der Waals surface area contributed by atoms with Crippen LogP contribution < -0.4 is 5.32 Å². The zero-order valence-electron chi connectivity index (χ0n) is 16.4. The van der Waals surface area contributed by atoms with Gasteiger partial charge in [-0.2, -0.15) is 5.10 Å². The summed E-state index contributed by atoms with van der Waals surface area (Å²) in [4.78, 5) is 19.4. The van der Waals surface area contributed by atoms with Crippen molar-refractivity contribution < 1.29 is 13.2 Å². The van der Waals surface area contributed by atoms with Crippen molar-refractivity contribution in [2.45, 2.75) is 12.6 Å². The summed E-state index contributed by atoms with van der Waals surface area (Å²) in [5, 5.41) is 7.18. The number of rotatable bonds is 6. The second-order valence-corrected chi connectivity index (χ2v) is 9.50. The van der Waals surface area contributed by atoms with E-state index in [1.807, 2.05) is 53.4 Å². The SMILES string of the molecule is O=C(NCc1ccnc(-n2cccn2)c1)C(c1ccccc1)N1CCS(=O)(=O)CC1. The van der Waals surface area contributed by atoms with E-state index in [0.717, 1.165) is 11.1 Å². The number of nitrogens with zero attached hydrogens (tertiary/aromatic N) is 4. The molecule has 1 amide bonds. The molecule has 0 aliphatic carbocycles. The quantitative estimate of drug-likeness (QED) is 0.640. The molecule has 1 aliphatic rings. The second-order valence-electron chi connectivity index (χ2n) is 7.19. The predicted molar refractivity (Wildman–Crippen MR) is 113 cm³/mol. The van der Waals surface area contributed by atoms with Crippen molar-refractivity contribution in [1.29, 1.82) is 0 Å². The summed E-state index contributed by atoms with van der Waals surface area (Å²) >= 11 is 0. The van der Waals surface area contributed by atoms with Gasteiger partial charge in [-0.25, -0.2) is 18.1 Å². The van der Waals surface area contributed by atoms with Gasteiger partial charge < -0.3 is 5.32 Å². The van der Waals surface area contributed by atoms with Gasteiger partial charge >= 0.3 is 0 Å². The van der Waals surface area contributed by atoms with E-state index in [-0.39, 0.29) is 17.4 Å². The molecule has 1 fully saturated rings. The molecule has 4 rings (SSSR count). The highest BCUT2D eigenvalue weighted by atomic mass is 32.2. The van der Waals surface area contributed by atoms with E-state index in [1.165, 1.54) is 0 Å². The number of carbonyl (C=O) groups is 1. The average Bonchev–Trinajstić information content (AvgIpc) is 3.30. The van der Waals surface area contributed by atoms with Crippen molar-refractivity contribution in [3.63, 3.8) is 0 Å². The van der Waals surface area contributed by atoms with Crippen LogP contribution in [0.1, 0.15) is 17.2 Å². The lowest BCUT2D eigenvalue weighted by molar-refractivity contribution is -0.126. The maximum atomic E-state index is 13.2. The molecule has 1 atom stereocenters. The number of amides is 1. The van der Waals surface area contributed by atoms with E-state index in [9.17, 15) is 13.2 Å². The van der Waals surface area contributed by atoms with Gasteiger partial charge in [0.1, 0.15) is 6.04 Å². The van der Waals surface area contributed by atoms with Crippen LogP contribution in [0.3, 0.4) is 0 Å². The van der Waals surface area contributed by atoms with Gasteiger partial charge in [0.05, 0.1) is 11.5 Å². The van der Waals surface area contributed by atoms with Crippen LogP contribution in [0.25, 0.3) is 5.82 Å². The Balaban J connectivity index is 1.49. The smallest absolute Gasteiger partial charge is 0.242 e. The third-order valence-electron chi connectivity index (χ3n) is 5.12. The van der Waals surface area contributed by atoms with Gasteiger partial charge in [0.2, 0.25) is 5.91 Å². The van der Waals surface area contributed by atoms with Gasteiger partial charge in [0, 0.05) is 38.2 Å². The van der Waals surface area contributed by atoms with Crippen LogP contribution in [0.5, 0.6) is 0 Å². The van der Waals surface area contributed by atoms with Gasteiger partial charge in [0.15, 0.2) is 15.7 Å². The fourth-order valence-corrected chi connectivity index (χ4v) is 4.76. The zero-order valence-corrected chi connectivity index (χ0v) is 17.2. The molecule has 30 heavy (non-hydrogen) atoms.